The molecule has 0 aliphatic heterocycles. The number of hydrogen-bond donors (Lipinski definition) is 0. The molecule has 0 fully saturated rings. The maximum atomic E-state index is 2.64. The van der Waals surface area contributed by atoms with Gasteiger partial charge in [0.25, 0.3) is 0 Å². The van der Waals surface area contributed by atoms with Crippen LogP contribution < -0.4 is 0 Å². The Bertz CT molecular complexity index is 3050. The van der Waals surface area contributed by atoms with Crippen molar-refractivity contribution >= 4 is 21.5 Å². The SMILES string of the molecule is CCc1ccc(-c2c3ccccc3c(-c3ccc(C(C)C)cc3)c3cc4c(cc23)C(C)(C)c2c3c(c5c(c2-4)C(C)(C)c2ccccc2-5)C(C)(C)c2ccccc2-3)cc1. The summed E-state index contributed by atoms with van der Waals surface area (Å²) >= 11 is 0. The molecule has 0 heterocycles. The molecular formula is C58H52. The summed E-state index contributed by atoms with van der Waals surface area (Å²) in [5.74, 6) is 0.476. The van der Waals surface area contributed by atoms with Gasteiger partial charge in [-0.2, -0.15) is 0 Å². The van der Waals surface area contributed by atoms with E-state index in [-0.39, 0.29) is 16.2 Å². The van der Waals surface area contributed by atoms with Crippen LogP contribution in [0.1, 0.15) is 113 Å². The van der Waals surface area contributed by atoms with Gasteiger partial charge in [-0.15, -0.1) is 0 Å². The molecule has 0 bridgehead atoms. The third-order valence-corrected chi connectivity index (χ3v) is 14.7. The van der Waals surface area contributed by atoms with E-state index >= 15 is 0 Å². The Balaban J connectivity index is 1.34. The fourth-order valence-corrected chi connectivity index (χ4v) is 11.8. The van der Waals surface area contributed by atoms with Crippen LogP contribution in [-0.4, -0.2) is 0 Å². The second-order valence-electron chi connectivity index (χ2n) is 19.3. The Morgan fingerprint density at radius 2 is 0.810 bits per heavy atom. The van der Waals surface area contributed by atoms with Gasteiger partial charge < -0.3 is 0 Å². The van der Waals surface area contributed by atoms with Gasteiger partial charge in [0, 0.05) is 16.2 Å². The Labute approximate surface area is 344 Å². The third kappa shape index (κ3) is 4.47. The van der Waals surface area contributed by atoms with Crippen LogP contribution in [0.4, 0.5) is 0 Å². The minimum absolute atomic E-state index is 0.140. The minimum atomic E-state index is -0.246. The van der Waals surface area contributed by atoms with Crippen molar-refractivity contribution in [2.75, 3.05) is 0 Å². The fraction of sp³-hybridized carbons (Fsp3) is 0.241. The average molecular weight is 749 g/mol. The minimum Gasteiger partial charge on any atom is -0.0619 e. The summed E-state index contributed by atoms with van der Waals surface area (Å²) in [5, 5.41) is 5.28. The number of hydrogen-bond acceptors (Lipinski definition) is 0. The molecule has 0 aromatic heterocycles. The van der Waals surface area contributed by atoms with E-state index < -0.39 is 0 Å². The molecule has 0 N–H and O–H groups in total. The predicted molar refractivity (Wildman–Crippen MR) is 248 cm³/mol. The van der Waals surface area contributed by atoms with Gasteiger partial charge in [-0.1, -0.05) is 184 Å². The van der Waals surface area contributed by atoms with E-state index in [1.807, 2.05) is 0 Å². The lowest BCUT2D eigenvalue weighted by atomic mass is 9.71. The topological polar surface area (TPSA) is 0 Å². The van der Waals surface area contributed by atoms with Crippen molar-refractivity contribution in [3.63, 3.8) is 0 Å². The number of fused-ring (bicyclic) bond motifs is 14. The molecule has 11 rings (SSSR count). The van der Waals surface area contributed by atoms with Gasteiger partial charge in [0.1, 0.15) is 0 Å². The first-order valence-corrected chi connectivity index (χ1v) is 21.5. The molecule has 0 heteroatoms. The van der Waals surface area contributed by atoms with Crippen LogP contribution in [0.5, 0.6) is 0 Å². The summed E-state index contributed by atoms with van der Waals surface area (Å²) in [5.41, 5.74) is 24.9. The van der Waals surface area contributed by atoms with Crippen LogP contribution in [0.3, 0.4) is 0 Å². The zero-order valence-electron chi connectivity index (χ0n) is 35.5. The molecule has 3 aliphatic carbocycles. The van der Waals surface area contributed by atoms with Gasteiger partial charge in [0.2, 0.25) is 0 Å². The van der Waals surface area contributed by atoms with E-state index in [1.165, 1.54) is 122 Å². The van der Waals surface area contributed by atoms with E-state index in [1.54, 1.807) is 0 Å². The molecule has 0 saturated carbocycles. The van der Waals surface area contributed by atoms with E-state index in [0.29, 0.717) is 5.92 Å². The maximum Gasteiger partial charge on any atom is 0.0165 e. The fourth-order valence-electron chi connectivity index (χ4n) is 11.8. The van der Waals surface area contributed by atoms with Crippen molar-refractivity contribution in [2.24, 2.45) is 0 Å². The Morgan fingerprint density at radius 3 is 1.29 bits per heavy atom. The number of benzene rings is 8. The molecule has 0 radical (unpaired) electrons. The van der Waals surface area contributed by atoms with Crippen molar-refractivity contribution < 1.29 is 0 Å². The highest BCUT2D eigenvalue weighted by Crippen LogP contribution is 2.68. The second-order valence-corrected chi connectivity index (χ2v) is 19.3. The first-order chi connectivity index (χ1) is 27.9. The van der Waals surface area contributed by atoms with Crippen molar-refractivity contribution in [3.05, 3.63) is 178 Å². The zero-order chi connectivity index (χ0) is 40.0. The molecule has 3 aliphatic rings. The molecule has 58 heavy (non-hydrogen) atoms. The lowest BCUT2D eigenvalue weighted by molar-refractivity contribution is 0.636. The first-order valence-electron chi connectivity index (χ1n) is 21.5. The Kier molecular flexibility index (Phi) is 7.29. The van der Waals surface area contributed by atoms with Crippen LogP contribution in [0.15, 0.2) is 133 Å². The standard InChI is InChI=1S/C58H52/c1-10-34-23-25-36(26-24-34)49-39-18-12-11-17-38(39)48(37-29-27-35(28-30-37)33(2)3)42-31-44-47(32-43(42)49)58(8,9)55-51-41-20-14-15-21-45(41)56(4,5)53(51)50-40-19-13-16-22-46(40)57(6,7)54(50)52(44)55/h11-33H,10H2,1-9H3. The van der Waals surface area contributed by atoms with E-state index in [2.05, 4.69) is 196 Å². The van der Waals surface area contributed by atoms with Crippen molar-refractivity contribution in [3.8, 4) is 55.6 Å². The summed E-state index contributed by atoms with van der Waals surface area (Å²) < 4.78 is 0. The molecule has 8 aromatic carbocycles. The number of aryl methyl sites for hydroxylation is 1. The van der Waals surface area contributed by atoms with Crippen LogP contribution in [-0.2, 0) is 22.7 Å². The molecule has 0 atom stereocenters. The normalized spacial score (nSPS) is 16.0. The molecule has 284 valence electrons. The van der Waals surface area contributed by atoms with Gasteiger partial charge in [0.05, 0.1) is 0 Å². The van der Waals surface area contributed by atoms with Crippen LogP contribution in [0, 0.1) is 0 Å². The van der Waals surface area contributed by atoms with Gasteiger partial charge in [0.15, 0.2) is 0 Å². The van der Waals surface area contributed by atoms with E-state index in [0.717, 1.165) is 6.42 Å². The van der Waals surface area contributed by atoms with Crippen LogP contribution in [0.2, 0.25) is 0 Å². The highest BCUT2D eigenvalue weighted by molar-refractivity contribution is 6.23. The van der Waals surface area contributed by atoms with Gasteiger partial charge >= 0.3 is 0 Å². The lowest BCUT2D eigenvalue weighted by Crippen LogP contribution is -2.22. The smallest absolute Gasteiger partial charge is 0.0165 e. The van der Waals surface area contributed by atoms with Crippen LogP contribution >= 0.6 is 0 Å². The quantitative estimate of drug-likeness (QED) is 0.157. The lowest BCUT2D eigenvalue weighted by Gasteiger charge is -2.31. The number of rotatable bonds is 4. The van der Waals surface area contributed by atoms with Gasteiger partial charge in [-0.3, -0.25) is 0 Å². The summed E-state index contributed by atoms with van der Waals surface area (Å²) in [7, 11) is 0. The van der Waals surface area contributed by atoms with E-state index in [4.69, 9.17) is 0 Å². The summed E-state index contributed by atoms with van der Waals surface area (Å²) in [6.07, 6.45) is 1.03. The van der Waals surface area contributed by atoms with Crippen molar-refractivity contribution in [1.82, 2.24) is 0 Å². The Hall–Kier alpha value is -5.72. The third-order valence-electron chi connectivity index (χ3n) is 14.7. The largest absolute Gasteiger partial charge is 0.0619 e. The zero-order valence-corrected chi connectivity index (χ0v) is 35.5. The first kappa shape index (κ1) is 35.4. The van der Waals surface area contributed by atoms with Gasteiger partial charge in [-0.05, 0) is 146 Å². The second kappa shape index (κ2) is 11.9. The molecule has 8 aromatic rings. The maximum absolute atomic E-state index is 2.64. The molecule has 0 saturated heterocycles. The molecule has 0 amide bonds. The van der Waals surface area contributed by atoms with Gasteiger partial charge in [-0.25, -0.2) is 0 Å². The molecular weight excluding hydrogens is 697 g/mol. The van der Waals surface area contributed by atoms with Crippen molar-refractivity contribution in [2.45, 2.75) is 90.9 Å². The average Bonchev–Trinajstić information content (AvgIpc) is 3.71. The van der Waals surface area contributed by atoms with E-state index in [9.17, 15) is 0 Å². The summed E-state index contributed by atoms with van der Waals surface area (Å²) in [4.78, 5) is 0. The molecule has 0 spiro atoms. The van der Waals surface area contributed by atoms with Crippen LogP contribution in [0.25, 0.3) is 77.2 Å². The summed E-state index contributed by atoms with van der Waals surface area (Å²) in [6.45, 7) is 21.8. The monoisotopic (exact) mass is 748 g/mol. The predicted octanol–water partition coefficient (Wildman–Crippen LogP) is 15.9. The van der Waals surface area contributed by atoms with Crippen molar-refractivity contribution in [1.29, 1.82) is 0 Å². The summed E-state index contributed by atoms with van der Waals surface area (Å²) in [6, 6.07) is 51.8. The highest BCUT2D eigenvalue weighted by Gasteiger charge is 2.52. The molecule has 0 unspecified atom stereocenters. The molecule has 0 nitrogen and oxygen atoms in total. The Morgan fingerprint density at radius 1 is 0.397 bits per heavy atom. The highest BCUT2D eigenvalue weighted by atomic mass is 14.5.